The Hall–Kier alpha value is -4.71. The Labute approximate surface area is 447 Å². The number of fused-ring (bicyclic) bond motifs is 6. The van der Waals surface area contributed by atoms with Gasteiger partial charge in [-0.3, -0.25) is 13.9 Å². The third-order valence-corrected chi connectivity index (χ3v) is 16.8. The molecule has 5 aromatic carbocycles. The maximum Gasteiger partial charge on any atom is 0.303 e. The van der Waals surface area contributed by atoms with Gasteiger partial charge in [0.1, 0.15) is 6.54 Å². The molecule has 402 valence electrons. The monoisotopic (exact) mass is 1130 g/mol. The number of hydrogen-bond acceptors (Lipinski definition) is 18. The average Bonchev–Trinajstić information content (AvgIpc) is 3.71. The summed E-state index contributed by atoms with van der Waals surface area (Å²) in [5, 5.41) is 50.6. The van der Waals surface area contributed by atoms with Crippen molar-refractivity contribution in [1.29, 1.82) is 0 Å². The summed E-state index contributed by atoms with van der Waals surface area (Å²) in [6, 6.07) is 22.1. The number of aryl methyl sites for hydroxylation is 2. The number of benzene rings is 5. The Bertz CT molecular complexity index is 3320. The Morgan fingerprint density at radius 1 is 0.773 bits per heavy atom. The highest BCUT2D eigenvalue weighted by molar-refractivity contribution is 7.95. The van der Waals surface area contributed by atoms with E-state index in [1.165, 1.54) is 12.1 Å². The summed E-state index contributed by atoms with van der Waals surface area (Å²) < 4.78 is 86.0. The molecule has 0 amide bonds. The molecule has 0 saturated heterocycles. The van der Waals surface area contributed by atoms with Gasteiger partial charge in [-0.25, -0.2) is 15.8 Å². The first-order chi connectivity index (χ1) is 35.6. The lowest BCUT2D eigenvalue weighted by molar-refractivity contribution is -0.438. The van der Waals surface area contributed by atoms with Gasteiger partial charge in [-0.15, -0.1) is 13.0 Å². The number of anilines is 1. The quantitative estimate of drug-likeness (QED) is 0.00571. The molecule has 6 N–H and O–H groups in total. The zero-order valence-corrected chi connectivity index (χ0v) is 45.5. The first kappa shape index (κ1) is 58.0. The van der Waals surface area contributed by atoms with Crippen LogP contribution in [0.1, 0.15) is 87.6 Å². The molecule has 2 heterocycles. The number of unbranched alkanes of at least 4 members (excludes halogenated alkanes) is 1. The van der Waals surface area contributed by atoms with Crippen molar-refractivity contribution in [2.24, 2.45) is 0 Å². The van der Waals surface area contributed by atoms with Gasteiger partial charge < -0.3 is 10.0 Å². The van der Waals surface area contributed by atoms with Crippen LogP contribution in [0.4, 0.5) is 11.4 Å². The second-order valence-electron chi connectivity index (χ2n) is 18.9. The standard InChI is InChI=1S/C51H56N2O17S5/c1-32-27-36(72-69-66-57)29-40-38(32)17-19-42-48(40)50(2,3)46(53(42)24-10-26-74(59,60)61)22-16-34(35-13-8-12-33(28-35)11-6-7-14-47(54)55)15-21-45-51(4,5)49-41-30-37(75(62,63)64)31-44(73-70-67-58)39(41)18-20-43(49)52(45)23-9-25-71-68-65-56/h8,12-13,15-22,27-31H,6-7,9-11,14,23-26H2,1-5H3,(H5-,54,55,56,57,58,59,60,61,62,63,64)/p+1. The second kappa shape index (κ2) is 24.7. The number of carboxylic acids is 1. The zero-order chi connectivity index (χ0) is 54.3. The molecule has 19 nitrogen and oxygen atoms in total. The number of aliphatic carboxylic acids is 1. The van der Waals surface area contributed by atoms with E-state index < -0.39 is 47.7 Å². The predicted octanol–water partition coefficient (Wildman–Crippen LogP) is 11.6. The van der Waals surface area contributed by atoms with E-state index in [2.05, 4.69) is 48.8 Å². The summed E-state index contributed by atoms with van der Waals surface area (Å²) in [6.07, 6.45) is 10.4. The lowest BCUT2D eigenvalue weighted by atomic mass is 9.78. The molecule has 0 saturated carbocycles. The van der Waals surface area contributed by atoms with E-state index in [4.69, 9.17) is 24.4 Å². The minimum absolute atomic E-state index is 0.0472. The average molecular weight is 1130 g/mol. The highest BCUT2D eigenvalue weighted by atomic mass is 32.2. The topological polar surface area (TPSA) is 268 Å². The number of carboxylic acid groups (broad SMARTS) is 1. The molecule has 0 aliphatic carbocycles. The largest absolute Gasteiger partial charge is 0.481 e. The summed E-state index contributed by atoms with van der Waals surface area (Å²) in [4.78, 5) is 13.9. The molecule has 0 radical (unpaired) electrons. The van der Waals surface area contributed by atoms with Crippen LogP contribution < -0.4 is 4.90 Å². The van der Waals surface area contributed by atoms with Gasteiger partial charge in [0, 0.05) is 81.5 Å². The Morgan fingerprint density at radius 2 is 1.49 bits per heavy atom. The van der Waals surface area contributed by atoms with Gasteiger partial charge >= 0.3 is 5.97 Å². The molecule has 0 unspecified atom stereocenters. The maximum atomic E-state index is 12.7. The molecular weight excluding hydrogens is 1070 g/mol. The van der Waals surface area contributed by atoms with Crippen molar-refractivity contribution in [2.45, 2.75) is 98.7 Å². The smallest absolute Gasteiger partial charge is 0.303 e. The van der Waals surface area contributed by atoms with Crippen LogP contribution in [0.3, 0.4) is 0 Å². The molecule has 0 spiro atoms. The summed E-state index contributed by atoms with van der Waals surface area (Å²) in [5.41, 5.74) is 6.78. The molecule has 0 fully saturated rings. The van der Waals surface area contributed by atoms with E-state index in [-0.39, 0.29) is 24.3 Å². The Balaban J connectivity index is 1.43. The van der Waals surface area contributed by atoms with E-state index in [9.17, 15) is 35.8 Å². The molecule has 5 aromatic rings. The van der Waals surface area contributed by atoms with Crippen LogP contribution >= 0.6 is 36.1 Å². The van der Waals surface area contributed by atoms with Crippen molar-refractivity contribution >= 4 is 107 Å². The fraction of sp³-hybridized carbons (Fsp3) is 0.333. The van der Waals surface area contributed by atoms with Crippen LogP contribution in [-0.2, 0) is 70.4 Å². The number of allylic oxidation sites excluding steroid dienone is 6. The van der Waals surface area contributed by atoms with Crippen LogP contribution in [-0.4, -0.2) is 87.7 Å². The van der Waals surface area contributed by atoms with Gasteiger partial charge in [-0.1, -0.05) is 65.4 Å². The highest BCUT2D eigenvalue weighted by Gasteiger charge is 2.46. The van der Waals surface area contributed by atoms with E-state index >= 15 is 0 Å². The molecule has 0 aromatic heterocycles. The maximum absolute atomic E-state index is 12.7. The molecule has 7 rings (SSSR count). The summed E-state index contributed by atoms with van der Waals surface area (Å²) in [7, 11) is -9.04. The van der Waals surface area contributed by atoms with E-state index in [0.717, 1.165) is 91.0 Å². The minimum Gasteiger partial charge on any atom is -0.481 e. The van der Waals surface area contributed by atoms with Crippen LogP contribution in [0, 0.1) is 6.92 Å². The van der Waals surface area contributed by atoms with E-state index in [1.807, 2.05) is 93.6 Å². The molecular formula is C51H57N2O17S5+. The van der Waals surface area contributed by atoms with Gasteiger partial charge in [0.25, 0.3) is 20.2 Å². The van der Waals surface area contributed by atoms with Crippen molar-refractivity contribution < 1.29 is 84.3 Å². The molecule has 75 heavy (non-hydrogen) atoms. The van der Waals surface area contributed by atoms with Crippen molar-refractivity contribution in [2.75, 3.05) is 29.5 Å². The number of hydrogen-bond donors (Lipinski definition) is 6. The number of nitrogens with zero attached hydrogens (tertiary/aromatic N) is 2. The Kier molecular flexibility index (Phi) is 19.1. The van der Waals surface area contributed by atoms with Gasteiger partial charge in [0.15, 0.2) is 5.71 Å². The van der Waals surface area contributed by atoms with Gasteiger partial charge in [0.2, 0.25) is 5.69 Å². The molecule has 24 heteroatoms. The van der Waals surface area contributed by atoms with Crippen molar-refractivity contribution in [3.63, 3.8) is 0 Å². The SMILES string of the molecule is Cc1cc(SOOO)cc2c3c(ccc12)N(CCCS(=O)(=O)O)/C(=C/C=C(/C=C/C1=[N+](CCCSOOO)c2ccc4c(SOOO)cc(S(=O)(=O)O)cc4c2C1(C)C)c1cccc(CCCCC(=O)O)c1)C3(C)C. The fourth-order valence-corrected chi connectivity index (χ4v) is 12.7. The van der Waals surface area contributed by atoms with Crippen LogP contribution in [0.15, 0.2) is 117 Å². The van der Waals surface area contributed by atoms with Gasteiger partial charge in [0.05, 0.1) is 40.1 Å². The minimum atomic E-state index is -4.74. The first-order valence-corrected chi connectivity index (χ1v) is 28.9. The molecule has 0 bridgehead atoms. The third-order valence-electron chi connectivity index (χ3n) is 13.3. The number of carbonyl (C=O) groups is 1. The van der Waals surface area contributed by atoms with Crippen molar-refractivity contribution in [3.05, 3.63) is 131 Å². The Morgan fingerprint density at radius 3 is 2.20 bits per heavy atom. The first-order valence-electron chi connectivity index (χ1n) is 23.5. The second-order valence-corrected chi connectivity index (χ2v) is 24.2. The predicted molar refractivity (Wildman–Crippen MR) is 287 cm³/mol. The van der Waals surface area contributed by atoms with E-state index in [1.54, 1.807) is 6.07 Å². The molecule has 2 aliphatic rings. The summed E-state index contributed by atoms with van der Waals surface area (Å²) in [6.45, 7) is 10.8. The van der Waals surface area contributed by atoms with Crippen LogP contribution in [0.25, 0.3) is 27.1 Å². The van der Waals surface area contributed by atoms with Gasteiger partial charge in [-0.2, -0.15) is 21.4 Å². The lowest BCUT2D eigenvalue weighted by Gasteiger charge is -2.27. The zero-order valence-electron chi connectivity index (χ0n) is 41.4. The van der Waals surface area contributed by atoms with E-state index in [0.29, 0.717) is 65.7 Å². The van der Waals surface area contributed by atoms with Crippen molar-refractivity contribution in [3.8, 4) is 0 Å². The molecule has 2 aliphatic heterocycles. The highest BCUT2D eigenvalue weighted by Crippen LogP contribution is 2.52. The fourth-order valence-electron chi connectivity index (χ4n) is 10.2. The summed E-state index contributed by atoms with van der Waals surface area (Å²) >= 11 is 2.30. The van der Waals surface area contributed by atoms with Crippen LogP contribution in [0.2, 0.25) is 0 Å². The molecule has 0 atom stereocenters. The van der Waals surface area contributed by atoms with Crippen LogP contribution in [0.5, 0.6) is 0 Å². The lowest BCUT2D eigenvalue weighted by Crippen LogP contribution is -2.28. The normalized spacial score (nSPS) is 16.1. The van der Waals surface area contributed by atoms with Crippen molar-refractivity contribution in [1.82, 2.24) is 0 Å². The number of rotatable bonds is 26. The summed E-state index contributed by atoms with van der Waals surface area (Å²) in [5.74, 6) is -0.927. The third kappa shape index (κ3) is 13.5. The van der Waals surface area contributed by atoms with Gasteiger partial charge in [-0.05, 0) is 144 Å².